The zero-order chi connectivity index (χ0) is 16.8. The molecule has 0 bridgehead atoms. The lowest BCUT2D eigenvalue weighted by molar-refractivity contribution is 0.0907. The fraction of sp³-hybridized carbons (Fsp3) is 0.444. The number of aromatic nitrogens is 1. The number of nitrogens with one attached hydrogen (secondary N) is 1. The molecule has 2 heterocycles. The average molecular weight is 417 g/mol. The Bertz CT molecular complexity index is 660. The van der Waals surface area contributed by atoms with Gasteiger partial charge in [-0.1, -0.05) is 30.3 Å². The van der Waals surface area contributed by atoms with Crippen molar-refractivity contribution in [1.29, 1.82) is 0 Å². The van der Waals surface area contributed by atoms with Crippen molar-refractivity contribution in [2.75, 3.05) is 19.6 Å². The highest BCUT2D eigenvalue weighted by Gasteiger charge is 2.21. The van der Waals surface area contributed by atoms with Gasteiger partial charge in [0.1, 0.15) is 10.7 Å². The Morgan fingerprint density at radius 1 is 1.23 bits per heavy atom. The number of nitrogens with zero attached hydrogens (tertiary/aromatic N) is 2. The summed E-state index contributed by atoms with van der Waals surface area (Å²) in [6.45, 7) is 3.53. The van der Waals surface area contributed by atoms with Crippen LogP contribution in [0.4, 0.5) is 0 Å². The van der Waals surface area contributed by atoms with Gasteiger partial charge in [0, 0.05) is 37.6 Å². The zero-order valence-electron chi connectivity index (χ0n) is 14.6. The third-order valence-electron chi connectivity index (χ3n) is 4.44. The van der Waals surface area contributed by atoms with Crippen molar-refractivity contribution in [3.63, 3.8) is 0 Å². The first-order chi connectivity index (χ1) is 11.7. The maximum Gasteiger partial charge on any atom is 0.270 e. The van der Waals surface area contributed by atoms with Gasteiger partial charge in [-0.25, -0.2) is 4.98 Å². The van der Waals surface area contributed by atoms with Crippen LogP contribution in [0, 0.1) is 0 Å². The second kappa shape index (κ2) is 11.5. The standard InChI is InChI=1S/C18H24N4OS.2ClH/c19-12-17-21-16(13-24-17)18(23)20-15-7-10-22(11-8-15)9-6-14-4-2-1-3-5-14;;/h1-5,13,15H,6-12,19H2,(H,20,23);2*1H. The summed E-state index contributed by atoms with van der Waals surface area (Å²) in [7, 11) is 0. The largest absolute Gasteiger partial charge is 0.348 e. The number of rotatable bonds is 6. The summed E-state index contributed by atoms with van der Waals surface area (Å²) in [5.41, 5.74) is 7.42. The molecule has 1 aliphatic heterocycles. The van der Waals surface area contributed by atoms with Crippen molar-refractivity contribution in [2.45, 2.75) is 31.8 Å². The van der Waals surface area contributed by atoms with Crippen LogP contribution in [0.5, 0.6) is 0 Å². The molecule has 2 aromatic rings. The molecule has 0 spiro atoms. The fourth-order valence-corrected chi connectivity index (χ4v) is 3.66. The predicted molar refractivity (Wildman–Crippen MR) is 112 cm³/mol. The Morgan fingerprint density at radius 2 is 1.92 bits per heavy atom. The molecule has 1 aromatic heterocycles. The Balaban J connectivity index is 0.00000169. The minimum atomic E-state index is -0.0753. The van der Waals surface area contributed by atoms with Crippen LogP contribution in [0.25, 0.3) is 0 Å². The molecule has 0 radical (unpaired) electrons. The molecule has 0 saturated carbocycles. The molecule has 1 aromatic carbocycles. The molecule has 3 N–H and O–H groups in total. The van der Waals surface area contributed by atoms with Crippen LogP contribution >= 0.6 is 36.2 Å². The van der Waals surface area contributed by atoms with Crippen molar-refractivity contribution >= 4 is 42.1 Å². The summed E-state index contributed by atoms with van der Waals surface area (Å²) in [6.07, 6.45) is 3.07. The van der Waals surface area contributed by atoms with E-state index >= 15 is 0 Å². The van der Waals surface area contributed by atoms with Crippen LogP contribution in [0.2, 0.25) is 0 Å². The van der Waals surface area contributed by atoms with Crippen molar-refractivity contribution in [3.05, 3.63) is 52.0 Å². The molecule has 144 valence electrons. The van der Waals surface area contributed by atoms with Gasteiger partial charge >= 0.3 is 0 Å². The number of carbonyl (C=O) groups is 1. The lowest BCUT2D eigenvalue weighted by atomic mass is 10.0. The highest BCUT2D eigenvalue weighted by atomic mass is 35.5. The van der Waals surface area contributed by atoms with E-state index in [1.807, 2.05) is 0 Å². The summed E-state index contributed by atoms with van der Waals surface area (Å²) in [5.74, 6) is -0.0753. The highest BCUT2D eigenvalue weighted by molar-refractivity contribution is 7.09. The molecule has 0 unspecified atom stereocenters. The molecule has 0 atom stereocenters. The van der Waals surface area contributed by atoms with Crippen LogP contribution in [0.1, 0.15) is 33.9 Å². The number of benzene rings is 1. The van der Waals surface area contributed by atoms with E-state index in [0.29, 0.717) is 12.2 Å². The van der Waals surface area contributed by atoms with Gasteiger partial charge in [0.15, 0.2) is 0 Å². The summed E-state index contributed by atoms with van der Waals surface area (Å²) < 4.78 is 0. The fourth-order valence-electron chi connectivity index (χ4n) is 3.00. The number of amides is 1. The van der Waals surface area contributed by atoms with E-state index in [1.165, 1.54) is 16.9 Å². The zero-order valence-corrected chi connectivity index (χ0v) is 17.0. The minimum Gasteiger partial charge on any atom is -0.348 e. The Labute approximate surface area is 171 Å². The first-order valence-corrected chi connectivity index (χ1v) is 9.34. The van der Waals surface area contributed by atoms with Crippen molar-refractivity contribution in [1.82, 2.24) is 15.2 Å². The Hall–Kier alpha value is -1.18. The molecule has 1 saturated heterocycles. The maximum atomic E-state index is 12.2. The number of thiazole rings is 1. The SMILES string of the molecule is Cl.Cl.NCc1nc(C(=O)NC2CCN(CCc3ccccc3)CC2)cs1. The van der Waals surface area contributed by atoms with Crippen molar-refractivity contribution in [2.24, 2.45) is 5.73 Å². The maximum absolute atomic E-state index is 12.2. The van der Waals surface area contributed by atoms with Crippen molar-refractivity contribution in [3.8, 4) is 0 Å². The predicted octanol–water partition coefficient (Wildman–Crippen LogP) is 2.88. The summed E-state index contributed by atoms with van der Waals surface area (Å²) in [4.78, 5) is 18.9. The molecule has 0 aliphatic carbocycles. The second-order valence-electron chi connectivity index (χ2n) is 6.16. The molecule has 1 fully saturated rings. The van der Waals surface area contributed by atoms with E-state index in [1.54, 1.807) is 5.38 Å². The number of halogens is 2. The van der Waals surface area contributed by atoms with Crippen LogP contribution in [-0.4, -0.2) is 41.5 Å². The summed E-state index contributed by atoms with van der Waals surface area (Å²) in [5, 5.41) is 5.69. The number of hydrogen-bond donors (Lipinski definition) is 2. The first kappa shape index (κ1) is 22.9. The Kier molecular flexibility index (Phi) is 10.1. The van der Waals surface area contributed by atoms with Crippen LogP contribution < -0.4 is 11.1 Å². The highest BCUT2D eigenvalue weighted by Crippen LogP contribution is 2.14. The van der Waals surface area contributed by atoms with Gasteiger partial charge in [0.05, 0.1) is 0 Å². The number of piperidine rings is 1. The van der Waals surface area contributed by atoms with E-state index in [-0.39, 0.29) is 36.8 Å². The van der Waals surface area contributed by atoms with E-state index in [2.05, 4.69) is 45.5 Å². The van der Waals surface area contributed by atoms with E-state index in [0.717, 1.165) is 43.9 Å². The molecule has 26 heavy (non-hydrogen) atoms. The lowest BCUT2D eigenvalue weighted by Crippen LogP contribution is -2.45. The smallest absolute Gasteiger partial charge is 0.270 e. The quantitative estimate of drug-likeness (QED) is 0.758. The van der Waals surface area contributed by atoms with Gasteiger partial charge in [-0.15, -0.1) is 36.2 Å². The average Bonchev–Trinajstić information content (AvgIpc) is 3.11. The van der Waals surface area contributed by atoms with Gasteiger partial charge in [-0.2, -0.15) is 0 Å². The molecule has 8 heteroatoms. The van der Waals surface area contributed by atoms with Crippen LogP contribution in [0.15, 0.2) is 35.7 Å². The summed E-state index contributed by atoms with van der Waals surface area (Å²) in [6, 6.07) is 10.8. The molecular formula is C18H26Cl2N4OS. The van der Waals surface area contributed by atoms with Gasteiger partial charge in [0.25, 0.3) is 5.91 Å². The second-order valence-corrected chi connectivity index (χ2v) is 7.10. The van der Waals surface area contributed by atoms with Crippen molar-refractivity contribution < 1.29 is 4.79 Å². The summed E-state index contributed by atoms with van der Waals surface area (Å²) >= 11 is 1.44. The third-order valence-corrected chi connectivity index (χ3v) is 5.31. The molecule has 5 nitrogen and oxygen atoms in total. The van der Waals surface area contributed by atoms with E-state index in [4.69, 9.17) is 5.73 Å². The molecule has 3 rings (SSSR count). The third kappa shape index (κ3) is 6.52. The van der Waals surface area contributed by atoms with Gasteiger partial charge in [0.2, 0.25) is 0 Å². The topological polar surface area (TPSA) is 71.2 Å². The molecular weight excluding hydrogens is 391 g/mol. The molecule has 1 amide bonds. The Morgan fingerprint density at radius 3 is 2.54 bits per heavy atom. The first-order valence-electron chi connectivity index (χ1n) is 8.46. The molecule has 1 aliphatic rings. The number of nitrogens with two attached hydrogens (primary N) is 1. The van der Waals surface area contributed by atoms with Gasteiger partial charge in [-0.05, 0) is 24.8 Å². The van der Waals surface area contributed by atoms with E-state index < -0.39 is 0 Å². The van der Waals surface area contributed by atoms with Crippen LogP contribution in [0.3, 0.4) is 0 Å². The van der Waals surface area contributed by atoms with E-state index in [9.17, 15) is 4.79 Å². The van der Waals surface area contributed by atoms with Gasteiger partial charge < -0.3 is 16.0 Å². The number of likely N-dealkylation sites (tertiary alicyclic amines) is 1. The van der Waals surface area contributed by atoms with Gasteiger partial charge in [-0.3, -0.25) is 4.79 Å². The number of carbonyl (C=O) groups excluding carboxylic acids is 1. The minimum absolute atomic E-state index is 0. The lowest BCUT2D eigenvalue weighted by Gasteiger charge is -2.32. The number of hydrogen-bond acceptors (Lipinski definition) is 5. The monoisotopic (exact) mass is 416 g/mol. The van der Waals surface area contributed by atoms with Crippen LogP contribution in [-0.2, 0) is 13.0 Å². The normalized spacial score (nSPS) is 15.0.